The van der Waals surface area contributed by atoms with Crippen LogP contribution in [0, 0.1) is 5.92 Å². The van der Waals surface area contributed by atoms with E-state index in [1.165, 1.54) is 30.6 Å². The lowest BCUT2D eigenvalue weighted by atomic mass is 9.80. The Morgan fingerprint density at radius 2 is 2.43 bits per heavy atom. The predicted molar refractivity (Wildman–Crippen MR) is 55.1 cm³/mol. The van der Waals surface area contributed by atoms with Crippen LogP contribution in [0.15, 0.2) is 16.7 Å². The van der Waals surface area contributed by atoms with Crippen LogP contribution in [-0.2, 0) is 12.0 Å². The second kappa shape index (κ2) is 2.86. The van der Waals surface area contributed by atoms with Crippen LogP contribution in [0.25, 0.3) is 0 Å². The fourth-order valence-corrected chi connectivity index (χ4v) is 2.97. The van der Waals surface area contributed by atoms with Crippen molar-refractivity contribution in [3.05, 3.63) is 23.7 Å². The molecule has 1 fully saturated rings. The molecule has 0 amide bonds. The van der Waals surface area contributed by atoms with Gasteiger partial charge in [0.15, 0.2) is 0 Å². The minimum atomic E-state index is 0.251. The van der Waals surface area contributed by atoms with Crippen molar-refractivity contribution in [2.45, 2.75) is 38.1 Å². The third-order valence-corrected chi connectivity index (χ3v) is 3.85. The van der Waals surface area contributed by atoms with Crippen molar-refractivity contribution in [1.82, 2.24) is 5.32 Å². The van der Waals surface area contributed by atoms with Crippen molar-refractivity contribution >= 4 is 0 Å². The van der Waals surface area contributed by atoms with E-state index in [4.69, 9.17) is 4.42 Å². The van der Waals surface area contributed by atoms with Crippen LogP contribution in [0.3, 0.4) is 0 Å². The number of fused-ring (bicyclic) bond motifs is 1. The van der Waals surface area contributed by atoms with E-state index < -0.39 is 0 Å². The van der Waals surface area contributed by atoms with Crippen molar-refractivity contribution in [1.29, 1.82) is 0 Å². The molecule has 14 heavy (non-hydrogen) atoms. The molecule has 1 aliphatic heterocycles. The maximum atomic E-state index is 5.55. The Balaban J connectivity index is 2.07. The summed E-state index contributed by atoms with van der Waals surface area (Å²) in [6.07, 6.45) is 6.85. The van der Waals surface area contributed by atoms with Gasteiger partial charge in [-0.25, -0.2) is 0 Å². The molecule has 0 spiro atoms. The van der Waals surface area contributed by atoms with Gasteiger partial charge in [-0.3, -0.25) is 0 Å². The number of hydrogen-bond donors (Lipinski definition) is 1. The van der Waals surface area contributed by atoms with Gasteiger partial charge in [0, 0.05) is 24.1 Å². The first-order valence-corrected chi connectivity index (χ1v) is 5.68. The first kappa shape index (κ1) is 8.54. The summed E-state index contributed by atoms with van der Waals surface area (Å²) in [6.45, 7) is 3.36. The van der Waals surface area contributed by atoms with Gasteiger partial charge in [-0.15, -0.1) is 0 Å². The SMILES string of the molecule is CCC1(C2CC2)NCCc2occc21. The highest BCUT2D eigenvalue weighted by Crippen LogP contribution is 2.49. The third-order valence-electron chi connectivity index (χ3n) is 3.85. The Bertz CT molecular complexity index is 340. The van der Waals surface area contributed by atoms with Crippen LogP contribution in [0.5, 0.6) is 0 Å². The summed E-state index contributed by atoms with van der Waals surface area (Å²) in [5.41, 5.74) is 1.69. The second-order valence-corrected chi connectivity index (χ2v) is 4.53. The standard InChI is InChI=1S/C12H17NO/c1-2-12(9-3-4-9)10-6-8-14-11(10)5-7-13-12/h6,8-9,13H,2-5,7H2,1H3. The molecule has 1 aromatic rings. The fourth-order valence-electron chi connectivity index (χ4n) is 2.97. The third kappa shape index (κ3) is 1.01. The van der Waals surface area contributed by atoms with E-state index >= 15 is 0 Å². The number of furan rings is 1. The van der Waals surface area contributed by atoms with Gasteiger partial charge in [0.1, 0.15) is 5.76 Å². The Morgan fingerprint density at radius 1 is 1.57 bits per heavy atom. The molecule has 0 bridgehead atoms. The summed E-state index contributed by atoms with van der Waals surface area (Å²) in [7, 11) is 0. The molecule has 1 aromatic heterocycles. The molecule has 2 aliphatic rings. The number of rotatable bonds is 2. The van der Waals surface area contributed by atoms with Crippen molar-refractivity contribution < 1.29 is 4.42 Å². The van der Waals surface area contributed by atoms with Gasteiger partial charge in [0.25, 0.3) is 0 Å². The minimum absolute atomic E-state index is 0.251. The maximum absolute atomic E-state index is 5.55. The van der Waals surface area contributed by atoms with Gasteiger partial charge in [-0.2, -0.15) is 0 Å². The van der Waals surface area contributed by atoms with E-state index in [0.717, 1.165) is 18.9 Å². The number of nitrogens with one attached hydrogen (secondary N) is 1. The minimum Gasteiger partial charge on any atom is -0.469 e. The molecule has 0 radical (unpaired) electrons. The quantitative estimate of drug-likeness (QED) is 0.776. The summed E-state index contributed by atoms with van der Waals surface area (Å²) in [4.78, 5) is 0. The van der Waals surface area contributed by atoms with Gasteiger partial charge in [0.05, 0.1) is 6.26 Å². The number of hydrogen-bond acceptors (Lipinski definition) is 2. The molecule has 1 unspecified atom stereocenters. The van der Waals surface area contributed by atoms with E-state index in [0.29, 0.717) is 0 Å². The van der Waals surface area contributed by atoms with E-state index in [1.54, 1.807) is 0 Å². The molecule has 76 valence electrons. The van der Waals surface area contributed by atoms with Crippen LogP contribution in [0.1, 0.15) is 37.5 Å². The lowest BCUT2D eigenvalue weighted by Crippen LogP contribution is -2.48. The topological polar surface area (TPSA) is 25.2 Å². The zero-order valence-electron chi connectivity index (χ0n) is 8.68. The zero-order chi connectivity index (χ0) is 9.60. The van der Waals surface area contributed by atoms with Crippen LogP contribution in [0.2, 0.25) is 0 Å². The average molecular weight is 191 g/mol. The molecule has 2 heteroatoms. The van der Waals surface area contributed by atoms with Gasteiger partial charge in [-0.05, 0) is 31.2 Å². The molecule has 2 nitrogen and oxygen atoms in total. The van der Waals surface area contributed by atoms with E-state index in [2.05, 4.69) is 18.3 Å². The Hall–Kier alpha value is -0.760. The molecule has 0 aromatic carbocycles. The molecule has 1 saturated carbocycles. The summed E-state index contributed by atoms with van der Waals surface area (Å²) in [5.74, 6) is 2.07. The highest BCUT2D eigenvalue weighted by atomic mass is 16.3. The summed E-state index contributed by atoms with van der Waals surface area (Å²) in [5, 5.41) is 3.73. The van der Waals surface area contributed by atoms with E-state index in [1.807, 2.05) is 6.26 Å². The first-order valence-electron chi connectivity index (χ1n) is 5.68. The molecular weight excluding hydrogens is 174 g/mol. The van der Waals surface area contributed by atoms with Crippen LogP contribution in [0.4, 0.5) is 0 Å². The van der Waals surface area contributed by atoms with Crippen molar-refractivity contribution in [3.8, 4) is 0 Å². The Labute approximate surface area is 84.7 Å². The molecular formula is C12H17NO. The van der Waals surface area contributed by atoms with Crippen molar-refractivity contribution in [3.63, 3.8) is 0 Å². The Kier molecular flexibility index (Phi) is 1.75. The maximum Gasteiger partial charge on any atom is 0.110 e. The monoisotopic (exact) mass is 191 g/mol. The highest BCUT2D eigenvalue weighted by molar-refractivity contribution is 5.32. The molecule has 1 atom stereocenters. The normalized spacial score (nSPS) is 31.5. The molecule has 1 N–H and O–H groups in total. The fraction of sp³-hybridized carbons (Fsp3) is 0.667. The predicted octanol–water partition coefficient (Wildman–Crippen LogP) is 2.44. The summed E-state index contributed by atoms with van der Waals surface area (Å²) >= 11 is 0. The lowest BCUT2D eigenvalue weighted by Gasteiger charge is -2.37. The molecule has 0 saturated heterocycles. The van der Waals surface area contributed by atoms with Crippen molar-refractivity contribution in [2.75, 3.05) is 6.54 Å². The van der Waals surface area contributed by atoms with Crippen LogP contribution >= 0.6 is 0 Å². The summed E-state index contributed by atoms with van der Waals surface area (Å²) in [6, 6.07) is 2.17. The molecule has 1 aliphatic carbocycles. The van der Waals surface area contributed by atoms with E-state index in [-0.39, 0.29) is 5.54 Å². The first-order chi connectivity index (χ1) is 6.87. The van der Waals surface area contributed by atoms with Crippen molar-refractivity contribution in [2.24, 2.45) is 5.92 Å². The van der Waals surface area contributed by atoms with Crippen LogP contribution < -0.4 is 5.32 Å². The smallest absolute Gasteiger partial charge is 0.110 e. The molecule has 2 heterocycles. The van der Waals surface area contributed by atoms with Crippen LogP contribution in [-0.4, -0.2) is 6.54 Å². The van der Waals surface area contributed by atoms with Gasteiger partial charge >= 0.3 is 0 Å². The average Bonchev–Trinajstić information content (AvgIpc) is 2.96. The van der Waals surface area contributed by atoms with Gasteiger partial charge in [-0.1, -0.05) is 6.92 Å². The second-order valence-electron chi connectivity index (χ2n) is 4.53. The van der Waals surface area contributed by atoms with Gasteiger partial charge in [0.2, 0.25) is 0 Å². The highest BCUT2D eigenvalue weighted by Gasteiger charge is 2.47. The van der Waals surface area contributed by atoms with Gasteiger partial charge < -0.3 is 9.73 Å². The lowest BCUT2D eigenvalue weighted by molar-refractivity contribution is 0.250. The largest absolute Gasteiger partial charge is 0.469 e. The Morgan fingerprint density at radius 3 is 3.14 bits per heavy atom. The molecule has 3 rings (SSSR count). The summed E-state index contributed by atoms with van der Waals surface area (Å²) < 4.78 is 5.55. The van der Waals surface area contributed by atoms with E-state index in [9.17, 15) is 0 Å². The zero-order valence-corrected chi connectivity index (χ0v) is 8.68.